The Morgan fingerprint density at radius 1 is 1.41 bits per heavy atom. The predicted octanol–water partition coefficient (Wildman–Crippen LogP) is 3.15. The average molecular weight is 304 g/mol. The van der Waals surface area contributed by atoms with Gasteiger partial charge in [-0.3, -0.25) is 0 Å². The van der Waals surface area contributed by atoms with Crippen LogP contribution in [0.5, 0.6) is 0 Å². The number of hydrogen-bond acceptors (Lipinski definition) is 2. The van der Waals surface area contributed by atoms with E-state index in [1.54, 1.807) is 13.2 Å². The number of methoxy groups -OCH3 is 1. The fourth-order valence-electron chi connectivity index (χ4n) is 1.75. The quantitative estimate of drug-likeness (QED) is 0.835. The van der Waals surface area contributed by atoms with Crippen LogP contribution in [0, 0.1) is 5.82 Å². The second-order valence-corrected chi connectivity index (χ2v) is 5.00. The molecular formula is C13H19BrFNO. The van der Waals surface area contributed by atoms with Gasteiger partial charge in [0.25, 0.3) is 0 Å². The van der Waals surface area contributed by atoms with Gasteiger partial charge in [0.2, 0.25) is 0 Å². The lowest BCUT2D eigenvalue weighted by Gasteiger charge is -2.17. The standard InChI is InChI=1S/C13H19BrFNO/c1-3-4-16-13(9-17-2)7-10-5-11(14)8-12(15)6-10/h5-6,8,13,16H,3-4,7,9H2,1-2H3. The van der Waals surface area contributed by atoms with E-state index in [1.807, 2.05) is 6.07 Å². The maximum Gasteiger partial charge on any atom is 0.124 e. The van der Waals surface area contributed by atoms with E-state index in [0.717, 1.165) is 29.4 Å². The molecule has 0 aliphatic rings. The Balaban J connectivity index is 2.63. The van der Waals surface area contributed by atoms with Crippen molar-refractivity contribution in [2.45, 2.75) is 25.8 Å². The van der Waals surface area contributed by atoms with E-state index in [2.05, 4.69) is 28.2 Å². The van der Waals surface area contributed by atoms with Gasteiger partial charge in [0, 0.05) is 17.6 Å². The summed E-state index contributed by atoms with van der Waals surface area (Å²) in [7, 11) is 1.68. The monoisotopic (exact) mass is 303 g/mol. The minimum Gasteiger partial charge on any atom is -0.383 e. The third kappa shape index (κ3) is 5.61. The van der Waals surface area contributed by atoms with Crippen LogP contribution in [0.25, 0.3) is 0 Å². The van der Waals surface area contributed by atoms with E-state index in [-0.39, 0.29) is 11.9 Å². The van der Waals surface area contributed by atoms with Gasteiger partial charge in [-0.2, -0.15) is 0 Å². The molecule has 0 heterocycles. The van der Waals surface area contributed by atoms with Gasteiger partial charge in [-0.1, -0.05) is 22.9 Å². The highest BCUT2D eigenvalue weighted by Crippen LogP contribution is 2.16. The number of hydrogen-bond donors (Lipinski definition) is 1. The van der Waals surface area contributed by atoms with Gasteiger partial charge in [-0.25, -0.2) is 4.39 Å². The summed E-state index contributed by atoms with van der Waals surface area (Å²) in [6, 6.07) is 5.21. The van der Waals surface area contributed by atoms with Crippen molar-refractivity contribution < 1.29 is 9.13 Å². The van der Waals surface area contributed by atoms with Crippen molar-refractivity contribution in [2.24, 2.45) is 0 Å². The molecule has 0 amide bonds. The van der Waals surface area contributed by atoms with Crippen LogP contribution in [-0.4, -0.2) is 26.3 Å². The predicted molar refractivity (Wildman–Crippen MR) is 71.8 cm³/mol. The van der Waals surface area contributed by atoms with Crippen molar-refractivity contribution in [3.05, 3.63) is 34.1 Å². The fraction of sp³-hybridized carbons (Fsp3) is 0.538. The van der Waals surface area contributed by atoms with Crippen LogP contribution in [0.2, 0.25) is 0 Å². The van der Waals surface area contributed by atoms with Crippen molar-refractivity contribution in [3.8, 4) is 0 Å². The van der Waals surface area contributed by atoms with Crippen molar-refractivity contribution in [1.82, 2.24) is 5.32 Å². The summed E-state index contributed by atoms with van der Waals surface area (Å²) in [5.41, 5.74) is 0.975. The summed E-state index contributed by atoms with van der Waals surface area (Å²) >= 11 is 3.30. The molecule has 0 fully saturated rings. The van der Waals surface area contributed by atoms with Crippen molar-refractivity contribution >= 4 is 15.9 Å². The first-order chi connectivity index (χ1) is 8.15. The molecule has 17 heavy (non-hydrogen) atoms. The number of halogens is 2. The summed E-state index contributed by atoms with van der Waals surface area (Å²) in [6.45, 7) is 3.70. The second kappa shape index (κ2) is 7.80. The zero-order valence-electron chi connectivity index (χ0n) is 10.3. The van der Waals surface area contributed by atoms with Crippen molar-refractivity contribution in [3.63, 3.8) is 0 Å². The van der Waals surface area contributed by atoms with Gasteiger partial charge in [-0.15, -0.1) is 0 Å². The van der Waals surface area contributed by atoms with E-state index in [9.17, 15) is 4.39 Å². The summed E-state index contributed by atoms with van der Waals surface area (Å²) in [6.07, 6.45) is 1.84. The highest BCUT2D eigenvalue weighted by atomic mass is 79.9. The first-order valence-corrected chi connectivity index (χ1v) is 6.62. The maximum atomic E-state index is 13.2. The summed E-state index contributed by atoms with van der Waals surface area (Å²) in [5, 5.41) is 3.39. The van der Waals surface area contributed by atoms with Crippen LogP contribution in [0.4, 0.5) is 4.39 Å². The van der Waals surface area contributed by atoms with Crippen LogP contribution in [-0.2, 0) is 11.2 Å². The molecule has 4 heteroatoms. The van der Waals surface area contributed by atoms with E-state index in [1.165, 1.54) is 6.07 Å². The molecule has 0 saturated carbocycles. The van der Waals surface area contributed by atoms with E-state index < -0.39 is 0 Å². The van der Waals surface area contributed by atoms with E-state index in [0.29, 0.717) is 6.61 Å². The molecule has 0 bridgehead atoms. The molecule has 0 spiro atoms. The highest BCUT2D eigenvalue weighted by molar-refractivity contribution is 9.10. The molecule has 0 aliphatic heterocycles. The van der Waals surface area contributed by atoms with Crippen molar-refractivity contribution in [1.29, 1.82) is 0 Å². The normalized spacial score (nSPS) is 12.7. The molecule has 0 radical (unpaired) electrons. The topological polar surface area (TPSA) is 21.3 Å². The average Bonchev–Trinajstić information content (AvgIpc) is 2.24. The minimum atomic E-state index is -0.207. The largest absolute Gasteiger partial charge is 0.383 e. The van der Waals surface area contributed by atoms with Gasteiger partial charge in [-0.05, 0) is 43.1 Å². The lowest BCUT2D eigenvalue weighted by molar-refractivity contribution is 0.166. The Labute approximate surface area is 111 Å². The lowest BCUT2D eigenvalue weighted by atomic mass is 10.1. The smallest absolute Gasteiger partial charge is 0.124 e. The molecule has 96 valence electrons. The number of ether oxygens (including phenoxy) is 1. The van der Waals surface area contributed by atoms with Crippen LogP contribution >= 0.6 is 15.9 Å². The van der Waals surface area contributed by atoms with Gasteiger partial charge in [0.1, 0.15) is 5.82 Å². The third-order valence-electron chi connectivity index (χ3n) is 2.46. The Hall–Kier alpha value is -0.450. The molecule has 0 aromatic heterocycles. The molecule has 2 nitrogen and oxygen atoms in total. The maximum absolute atomic E-state index is 13.2. The summed E-state index contributed by atoms with van der Waals surface area (Å²) < 4.78 is 19.2. The van der Waals surface area contributed by atoms with Gasteiger partial charge in [0.05, 0.1) is 6.61 Å². The number of rotatable bonds is 7. The number of benzene rings is 1. The molecule has 1 rings (SSSR count). The summed E-state index contributed by atoms with van der Waals surface area (Å²) in [5.74, 6) is -0.207. The highest BCUT2D eigenvalue weighted by Gasteiger charge is 2.09. The van der Waals surface area contributed by atoms with Crippen LogP contribution < -0.4 is 5.32 Å². The molecule has 1 N–H and O–H groups in total. The van der Waals surface area contributed by atoms with Crippen molar-refractivity contribution in [2.75, 3.05) is 20.3 Å². The Bertz CT molecular complexity index is 326. The molecule has 1 aromatic rings. The first kappa shape index (κ1) is 14.6. The zero-order valence-corrected chi connectivity index (χ0v) is 11.9. The SMILES string of the molecule is CCCNC(COC)Cc1cc(F)cc(Br)c1. The second-order valence-electron chi connectivity index (χ2n) is 4.09. The van der Waals surface area contributed by atoms with Crippen LogP contribution in [0.3, 0.4) is 0 Å². The van der Waals surface area contributed by atoms with E-state index >= 15 is 0 Å². The van der Waals surface area contributed by atoms with Crippen LogP contribution in [0.1, 0.15) is 18.9 Å². The zero-order chi connectivity index (χ0) is 12.7. The van der Waals surface area contributed by atoms with Gasteiger partial charge < -0.3 is 10.1 Å². The summed E-state index contributed by atoms with van der Waals surface area (Å²) in [4.78, 5) is 0. The Kier molecular flexibility index (Phi) is 6.70. The molecular weight excluding hydrogens is 285 g/mol. The molecule has 1 atom stereocenters. The fourth-order valence-corrected chi connectivity index (χ4v) is 2.27. The Morgan fingerprint density at radius 2 is 2.18 bits per heavy atom. The third-order valence-corrected chi connectivity index (χ3v) is 2.91. The molecule has 0 saturated heterocycles. The van der Waals surface area contributed by atoms with E-state index in [4.69, 9.17) is 4.74 Å². The Morgan fingerprint density at radius 3 is 2.76 bits per heavy atom. The minimum absolute atomic E-state index is 0.207. The lowest BCUT2D eigenvalue weighted by Crippen LogP contribution is -2.35. The molecule has 0 aliphatic carbocycles. The molecule has 1 unspecified atom stereocenters. The molecule has 1 aromatic carbocycles. The van der Waals surface area contributed by atoms with Gasteiger partial charge in [0.15, 0.2) is 0 Å². The van der Waals surface area contributed by atoms with Gasteiger partial charge >= 0.3 is 0 Å². The number of nitrogens with one attached hydrogen (secondary N) is 1. The first-order valence-electron chi connectivity index (χ1n) is 5.83. The van der Waals surface area contributed by atoms with Crippen LogP contribution in [0.15, 0.2) is 22.7 Å².